The number of azo groups is 3. The van der Waals surface area contributed by atoms with Crippen LogP contribution in [0.15, 0.2) is 117 Å². The van der Waals surface area contributed by atoms with Crippen LogP contribution in [0.5, 0.6) is 0 Å². The lowest BCUT2D eigenvalue weighted by atomic mass is 10.2. The largest absolute Gasteiger partial charge is 0.397 e. The molecule has 0 aliphatic heterocycles. The number of sulfone groups is 2. The van der Waals surface area contributed by atoms with Crippen molar-refractivity contribution in [2.45, 2.75) is 26.5 Å². The molecule has 0 heterocycles. The normalized spacial score (nSPS) is 13.3. The van der Waals surface area contributed by atoms with Crippen molar-refractivity contribution in [1.82, 2.24) is 0 Å². The van der Waals surface area contributed by atoms with Crippen molar-refractivity contribution in [3.05, 3.63) is 66.7 Å². The molecule has 64 heavy (non-hydrogen) atoms. The van der Waals surface area contributed by atoms with Gasteiger partial charge in [-0.2, -0.15) is 38.8 Å². The van der Waals surface area contributed by atoms with Gasteiger partial charge in [0, 0.05) is 6.92 Å². The molecule has 4 rings (SSSR count). The first kappa shape index (κ1) is 50.9. The smallest absolute Gasteiger partial charge is 0.397 e. The zero-order valence-electron chi connectivity index (χ0n) is 31.9. The summed E-state index contributed by atoms with van der Waals surface area (Å²) >= 11 is 0. The maximum Gasteiger partial charge on any atom is 0.397 e. The van der Waals surface area contributed by atoms with Crippen molar-refractivity contribution in [2.24, 2.45) is 30.7 Å². The second kappa shape index (κ2) is 19.5. The van der Waals surface area contributed by atoms with Crippen LogP contribution in [0.4, 0.5) is 51.2 Å². The van der Waals surface area contributed by atoms with Crippen molar-refractivity contribution in [2.75, 3.05) is 41.5 Å². The number of hydrogen-bond acceptors (Lipinski definition) is 23. The Morgan fingerprint density at radius 1 is 0.531 bits per heavy atom. The van der Waals surface area contributed by atoms with Gasteiger partial charge in [-0.15, -0.1) is 25.6 Å². The van der Waals surface area contributed by atoms with Crippen molar-refractivity contribution >= 4 is 118 Å². The summed E-state index contributed by atoms with van der Waals surface area (Å²) in [6, 6.07) is 10.3. The van der Waals surface area contributed by atoms with Crippen molar-refractivity contribution in [3.63, 3.8) is 0 Å². The van der Waals surface area contributed by atoms with E-state index in [1.807, 2.05) is 0 Å². The lowest BCUT2D eigenvalue weighted by Gasteiger charge is -2.10. The summed E-state index contributed by atoms with van der Waals surface area (Å²) in [6.07, 6.45) is 0. The van der Waals surface area contributed by atoms with Gasteiger partial charge in [0.25, 0.3) is 20.2 Å². The molecule has 28 nitrogen and oxygen atoms in total. The van der Waals surface area contributed by atoms with Crippen LogP contribution in [0.2, 0.25) is 0 Å². The Morgan fingerprint density at radius 2 is 0.969 bits per heavy atom. The van der Waals surface area contributed by atoms with E-state index in [0.717, 1.165) is 67.6 Å². The van der Waals surface area contributed by atoms with Gasteiger partial charge in [0.05, 0.1) is 57.3 Å². The van der Waals surface area contributed by atoms with E-state index in [1.165, 1.54) is 0 Å². The zero-order valence-corrected chi connectivity index (χ0v) is 36.8. The quantitative estimate of drug-likeness (QED) is 0.0399. The molecule has 4 aromatic carbocycles. The number of nitrogen functional groups attached to an aromatic ring is 2. The van der Waals surface area contributed by atoms with Crippen molar-refractivity contribution in [1.29, 1.82) is 0 Å². The fourth-order valence-corrected chi connectivity index (χ4v) is 9.11. The molecular formula is C30H31N9O19S6. The van der Waals surface area contributed by atoms with E-state index in [0.29, 0.717) is 6.07 Å². The highest BCUT2D eigenvalue weighted by Crippen LogP contribution is 2.40. The van der Waals surface area contributed by atoms with Crippen LogP contribution in [0, 0.1) is 0 Å². The van der Waals surface area contributed by atoms with E-state index in [2.05, 4.69) is 44.4 Å². The Balaban J connectivity index is 1.69. The predicted octanol–water partition coefficient (Wildman–Crippen LogP) is 3.74. The molecule has 0 fully saturated rings. The molecule has 0 aliphatic carbocycles. The van der Waals surface area contributed by atoms with Crippen LogP contribution >= 0.6 is 0 Å². The van der Waals surface area contributed by atoms with E-state index < -0.39 is 117 Å². The first-order valence-corrected chi connectivity index (χ1v) is 25.5. The minimum absolute atomic E-state index is 0.0212. The fourth-order valence-electron chi connectivity index (χ4n) is 4.76. The van der Waals surface area contributed by atoms with Crippen LogP contribution in [0.1, 0.15) is 6.92 Å². The lowest BCUT2D eigenvalue weighted by Crippen LogP contribution is -2.16. The summed E-state index contributed by atoms with van der Waals surface area (Å²) in [6.45, 7) is -0.856. The number of nitrogens with two attached hydrogens (primary N) is 2. The van der Waals surface area contributed by atoms with Crippen LogP contribution < -0.4 is 16.8 Å². The van der Waals surface area contributed by atoms with E-state index >= 15 is 0 Å². The monoisotopic (exact) mass is 1010 g/mol. The fraction of sp³-hybridized carbons (Fsp3) is 0.167. The van der Waals surface area contributed by atoms with Gasteiger partial charge in [-0.25, -0.2) is 25.2 Å². The van der Waals surface area contributed by atoms with Gasteiger partial charge in [-0.05, 0) is 66.7 Å². The number of anilines is 3. The molecule has 346 valence electrons. The van der Waals surface area contributed by atoms with Gasteiger partial charge in [0.1, 0.15) is 38.2 Å². The van der Waals surface area contributed by atoms with Gasteiger partial charge >= 0.3 is 20.8 Å². The van der Waals surface area contributed by atoms with E-state index in [-0.39, 0.29) is 44.7 Å². The Bertz CT molecular complexity index is 3270. The molecule has 0 radical (unpaired) electrons. The minimum atomic E-state index is -5.21. The number of rotatable bonds is 19. The van der Waals surface area contributed by atoms with E-state index in [4.69, 9.17) is 20.6 Å². The van der Waals surface area contributed by atoms with Crippen molar-refractivity contribution < 1.29 is 81.9 Å². The lowest BCUT2D eigenvalue weighted by molar-refractivity contribution is -0.114. The molecule has 0 bridgehead atoms. The molecule has 0 saturated heterocycles. The first-order valence-electron chi connectivity index (χ1n) is 16.6. The number of carbonyl (C=O) groups is 1. The summed E-state index contributed by atoms with van der Waals surface area (Å²) < 4.78 is 188. The topological polar surface area (TPSA) is 460 Å². The Labute approximate surface area is 363 Å². The van der Waals surface area contributed by atoms with Crippen LogP contribution in [-0.4, -0.2) is 99.3 Å². The van der Waals surface area contributed by atoms with Gasteiger partial charge in [-0.1, -0.05) is 0 Å². The number of benzene rings is 4. The maximum atomic E-state index is 12.6. The molecule has 0 saturated carbocycles. The molecule has 0 aliphatic rings. The summed E-state index contributed by atoms with van der Waals surface area (Å²) in [4.78, 5) is 9.04. The van der Waals surface area contributed by atoms with Gasteiger partial charge < -0.3 is 16.8 Å². The highest BCUT2D eigenvalue weighted by molar-refractivity contribution is 7.92. The molecule has 9 N–H and O–H groups in total. The Hall–Kier alpha value is -5.79. The Morgan fingerprint density at radius 3 is 1.45 bits per heavy atom. The molecule has 0 aromatic heterocycles. The molecule has 4 aromatic rings. The predicted molar refractivity (Wildman–Crippen MR) is 220 cm³/mol. The van der Waals surface area contributed by atoms with E-state index in [9.17, 15) is 64.4 Å². The number of hydrogen-bond donors (Lipinski definition) is 7. The summed E-state index contributed by atoms with van der Waals surface area (Å²) in [5.74, 6) is -2.58. The second-order valence-electron chi connectivity index (χ2n) is 12.3. The SMILES string of the molecule is CC(=O)Nc1cc(/N=N/c2cc(/N=N/c3ccc(S(=O)(=O)CCOS(=O)(=O)O)cc3S(=O)(=O)O)c(N)cc2N)c(S(=O)(=O)O)cc1/N=N/c1ccc(S(=O)(=O)CCOS(=O)(=O)O)cc1. The standard InChI is InChI=1S/C30H31N9O19S6/c1-17(40)33-26-15-28(30(62(48,49)50)16-27(26)38-34-18-2-4-19(5-3-18)59(41,42)10-8-57-63(51,52)53)39-37-25-14-24(21(31)13-22(25)32)36-35-23-7-6-20(12-29(23)61(45,46)47)60(43,44)11-9-58-64(54,55)56/h2-7,12-16H,8-11,31-32H2,1H3,(H,33,40)(H,45,46,47)(H,48,49,50)(H,51,52,53)(H,54,55,56)/b36-35+,38-34+,39-37+. The average Bonchev–Trinajstić information content (AvgIpc) is 3.14. The molecule has 0 spiro atoms. The third kappa shape index (κ3) is 14.6. The van der Waals surface area contributed by atoms with Gasteiger partial charge in [0.15, 0.2) is 19.7 Å². The van der Waals surface area contributed by atoms with E-state index in [1.54, 1.807) is 0 Å². The zero-order chi connectivity index (χ0) is 48.1. The minimum Gasteiger partial charge on any atom is -0.397 e. The number of carbonyl (C=O) groups excluding carboxylic acids is 1. The average molecular weight is 1010 g/mol. The first-order chi connectivity index (χ1) is 29.3. The Kier molecular flexibility index (Phi) is 15.5. The van der Waals surface area contributed by atoms with Crippen LogP contribution in [0.3, 0.4) is 0 Å². The third-order valence-electron chi connectivity index (χ3n) is 7.58. The third-order valence-corrected chi connectivity index (χ3v) is 13.6. The maximum absolute atomic E-state index is 12.6. The molecule has 1 amide bonds. The molecule has 0 unspecified atom stereocenters. The highest BCUT2D eigenvalue weighted by Gasteiger charge is 2.24. The van der Waals surface area contributed by atoms with Crippen LogP contribution in [-0.2, 0) is 73.9 Å². The number of amides is 1. The molecule has 34 heteroatoms. The second-order valence-corrected chi connectivity index (χ2v) is 21.5. The number of nitrogens with zero attached hydrogens (tertiary/aromatic N) is 6. The molecular weight excluding hydrogens is 983 g/mol. The van der Waals surface area contributed by atoms with Crippen molar-refractivity contribution in [3.8, 4) is 0 Å². The van der Waals surface area contributed by atoms with Gasteiger partial charge in [0.2, 0.25) is 5.91 Å². The van der Waals surface area contributed by atoms with Gasteiger partial charge in [-0.3, -0.25) is 23.0 Å². The summed E-state index contributed by atoms with van der Waals surface area (Å²) in [5, 5.41) is 25.4. The summed E-state index contributed by atoms with van der Waals surface area (Å²) in [7, 11) is -28.8. The molecule has 0 atom stereocenters. The van der Waals surface area contributed by atoms with Crippen LogP contribution in [0.25, 0.3) is 0 Å². The number of nitrogens with one attached hydrogen (secondary N) is 1. The highest BCUT2D eigenvalue weighted by atomic mass is 32.3. The summed E-state index contributed by atoms with van der Waals surface area (Å²) in [5.41, 5.74) is 9.08.